The molecule has 2 saturated heterocycles. The highest BCUT2D eigenvalue weighted by atomic mass is 32.2. The third-order valence-electron chi connectivity index (χ3n) is 5.43. The zero-order valence-electron chi connectivity index (χ0n) is 15.0. The van der Waals surface area contributed by atoms with Crippen molar-refractivity contribution in [1.29, 1.82) is 0 Å². The number of imide groups is 1. The summed E-state index contributed by atoms with van der Waals surface area (Å²) in [7, 11) is -3.10. The Hall–Kier alpha value is -1.97. The summed E-state index contributed by atoms with van der Waals surface area (Å²) in [5, 5.41) is 2.52. The van der Waals surface area contributed by atoms with Gasteiger partial charge in [-0.2, -0.15) is 0 Å². The fourth-order valence-electron chi connectivity index (χ4n) is 4.05. The van der Waals surface area contributed by atoms with Gasteiger partial charge in [0.05, 0.1) is 29.8 Å². The van der Waals surface area contributed by atoms with E-state index in [2.05, 4.69) is 5.32 Å². The van der Waals surface area contributed by atoms with Gasteiger partial charge < -0.3 is 10.1 Å². The van der Waals surface area contributed by atoms with E-state index in [1.807, 2.05) is 0 Å². The van der Waals surface area contributed by atoms with E-state index >= 15 is 0 Å². The van der Waals surface area contributed by atoms with Crippen molar-refractivity contribution in [1.82, 2.24) is 10.2 Å². The second kappa shape index (κ2) is 7.95. The third kappa shape index (κ3) is 4.66. The van der Waals surface area contributed by atoms with Gasteiger partial charge in [0.2, 0.25) is 11.8 Å². The molecular formula is C17H24N2O7S. The Bertz CT molecular complexity index is 724. The molecule has 0 unspecified atom stereocenters. The molecule has 3 rings (SSSR count). The second-order valence-corrected chi connectivity index (χ2v) is 9.63. The monoisotopic (exact) mass is 400 g/mol. The molecule has 150 valence electrons. The molecule has 10 heteroatoms. The predicted molar refractivity (Wildman–Crippen MR) is 92.9 cm³/mol. The quantitative estimate of drug-likeness (QED) is 0.466. The van der Waals surface area contributed by atoms with Gasteiger partial charge in [-0.25, -0.2) is 8.42 Å². The molecule has 3 atom stereocenters. The number of likely N-dealkylation sites (tertiary alicyclic amines) is 1. The van der Waals surface area contributed by atoms with E-state index in [1.165, 1.54) is 0 Å². The topological polar surface area (TPSA) is 127 Å². The van der Waals surface area contributed by atoms with Gasteiger partial charge in [0, 0.05) is 12.6 Å². The number of sulfone groups is 1. The normalized spacial score (nSPS) is 29.5. The SMILES string of the molecule is O=C(COC(=O)CCN1C(=O)[C@H]2CCCC[C@@H]2C1=O)N[C@@H]1CCS(=O)(=O)C1. The van der Waals surface area contributed by atoms with Crippen molar-refractivity contribution in [2.75, 3.05) is 24.7 Å². The lowest BCUT2D eigenvalue weighted by Gasteiger charge is -2.19. The van der Waals surface area contributed by atoms with Crippen LogP contribution in [0, 0.1) is 11.8 Å². The number of esters is 1. The summed E-state index contributed by atoms with van der Waals surface area (Å²) < 4.78 is 27.6. The summed E-state index contributed by atoms with van der Waals surface area (Å²) in [6, 6.07) is -0.454. The van der Waals surface area contributed by atoms with E-state index in [0.717, 1.165) is 17.7 Å². The number of ether oxygens (including phenoxy) is 1. The van der Waals surface area contributed by atoms with Crippen molar-refractivity contribution >= 4 is 33.5 Å². The molecule has 9 nitrogen and oxygen atoms in total. The van der Waals surface area contributed by atoms with Crippen LogP contribution < -0.4 is 5.32 Å². The molecule has 0 aromatic heterocycles. The van der Waals surface area contributed by atoms with E-state index < -0.39 is 34.4 Å². The Kier molecular flexibility index (Phi) is 5.83. The number of hydrogen-bond donors (Lipinski definition) is 1. The van der Waals surface area contributed by atoms with Crippen LogP contribution in [0.5, 0.6) is 0 Å². The number of carbonyl (C=O) groups is 4. The van der Waals surface area contributed by atoms with Gasteiger partial charge in [0.15, 0.2) is 16.4 Å². The van der Waals surface area contributed by atoms with Gasteiger partial charge in [-0.1, -0.05) is 12.8 Å². The maximum Gasteiger partial charge on any atom is 0.308 e. The van der Waals surface area contributed by atoms with Gasteiger partial charge >= 0.3 is 5.97 Å². The molecule has 0 radical (unpaired) electrons. The van der Waals surface area contributed by atoms with E-state index in [1.54, 1.807) is 0 Å². The van der Waals surface area contributed by atoms with E-state index in [4.69, 9.17) is 4.74 Å². The van der Waals surface area contributed by atoms with Gasteiger partial charge in [-0.3, -0.25) is 24.1 Å². The Morgan fingerprint density at radius 3 is 2.26 bits per heavy atom. The van der Waals surface area contributed by atoms with E-state index in [9.17, 15) is 27.6 Å². The van der Waals surface area contributed by atoms with Gasteiger partial charge in [0.1, 0.15) is 0 Å². The van der Waals surface area contributed by atoms with Crippen LogP contribution in [-0.2, 0) is 33.8 Å². The van der Waals surface area contributed by atoms with Crippen LogP contribution >= 0.6 is 0 Å². The summed E-state index contributed by atoms with van der Waals surface area (Å²) in [6.45, 7) is -0.547. The maximum atomic E-state index is 12.3. The molecule has 1 N–H and O–H groups in total. The molecule has 2 heterocycles. The fraction of sp³-hybridized carbons (Fsp3) is 0.765. The zero-order valence-corrected chi connectivity index (χ0v) is 15.8. The van der Waals surface area contributed by atoms with Crippen molar-refractivity contribution in [2.24, 2.45) is 11.8 Å². The minimum Gasteiger partial charge on any atom is -0.456 e. The van der Waals surface area contributed by atoms with Crippen LogP contribution in [0.25, 0.3) is 0 Å². The van der Waals surface area contributed by atoms with Gasteiger partial charge in [0.25, 0.3) is 5.91 Å². The summed E-state index contributed by atoms with van der Waals surface area (Å²) in [5.41, 5.74) is 0. The number of amides is 3. The first kappa shape index (κ1) is 19.8. The maximum absolute atomic E-state index is 12.3. The summed E-state index contributed by atoms with van der Waals surface area (Å²) in [5.74, 6) is -2.24. The molecule has 27 heavy (non-hydrogen) atoms. The standard InChI is InChI=1S/C17H24N2O7S/c20-14(18-11-6-8-27(24,25)10-11)9-26-15(21)5-7-19-16(22)12-3-1-2-4-13(12)17(19)23/h11-13H,1-10H2,(H,18,20)/t11-,12+,13+/m1/s1. The lowest BCUT2D eigenvalue weighted by molar-refractivity contribution is -0.150. The fourth-order valence-corrected chi connectivity index (χ4v) is 5.72. The first-order chi connectivity index (χ1) is 12.8. The molecule has 1 saturated carbocycles. The summed E-state index contributed by atoms with van der Waals surface area (Å²) in [6.07, 6.45) is 3.49. The molecular weight excluding hydrogens is 376 g/mol. The van der Waals surface area contributed by atoms with Crippen molar-refractivity contribution in [3.63, 3.8) is 0 Å². The zero-order chi connectivity index (χ0) is 19.6. The Morgan fingerprint density at radius 1 is 1.07 bits per heavy atom. The Balaban J connectivity index is 1.39. The van der Waals surface area contributed by atoms with E-state index in [-0.39, 0.29) is 48.1 Å². The summed E-state index contributed by atoms with van der Waals surface area (Å²) >= 11 is 0. The molecule has 3 fully saturated rings. The van der Waals surface area contributed by atoms with Crippen LogP contribution in [-0.4, -0.2) is 67.7 Å². The number of fused-ring (bicyclic) bond motifs is 1. The van der Waals surface area contributed by atoms with Crippen molar-refractivity contribution in [2.45, 2.75) is 44.6 Å². The largest absolute Gasteiger partial charge is 0.456 e. The first-order valence-corrected chi connectivity index (χ1v) is 11.1. The summed E-state index contributed by atoms with van der Waals surface area (Å²) in [4.78, 5) is 49.3. The van der Waals surface area contributed by atoms with Crippen molar-refractivity contribution in [3.05, 3.63) is 0 Å². The number of hydrogen-bond acceptors (Lipinski definition) is 7. The van der Waals surface area contributed by atoms with Crippen LogP contribution in [0.4, 0.5) is 0 Å². The molecule has 0 bridgehead atoms. The Labute approximate surface area is 157 Å². The van der Waals surface area contributed by atoms with Crippen molar-refractivity contribution < 1.29 is 32.3 Å². The highest BCUT2D eigenvalue weighted by Crippen LogP contribution is 2.37. The molecule has 0 aromatic rings. The van der Waals surface area contributed by atoms with Crippen LogP contribution in [0.2, 0.25) is 0 Å². The van der Waals surface area contributed by atoms with Crippen LogP contribution in [0.1, 0.15) is 38.5 Å². The minimum absolute atomic E-state index is 0.0357. The lowest BCUT2D eigenvalue weighted by Crippen LogP contribution is -2.38. The number of carbonyl (C=O) groups excluding carboxylic acids is 4. The van der Waals surface area contributed by atoms with Gasteiger partial charge in [-0.15, -0.1) is 0 Å². The second-order valence-electron chi connectivity index (χ2n) is 7.40. The molecule has 1 aliphatic carbocycles. The van der Waals surface area contributed by atoms with E-state index in [0.29, 0.717) is 19.3 Å². The minimum atomic E-state index is -3.10. The highest BCUT2D eigenvalue weighted by Gasteiger charge is 2.47. The highest BCUT2D eigenvalue weighted by molar-refractivity contribution is 7.91. The number of rotatable bonds is 6. The number of nitrogens with one attached hydrogen (secondary N) is 1. The predicted octanol–water partition coefficient (Wildman–Crippen LogP) is -0.602. The molecule has 2 aliphatic heterocycles. The van der Waals surface area contributed by atoms with Gasteiger partial charge in [-0.05, 0) is 19.3 Å². The smallest absolute Gasteiger partial charge is 0.308 e. The average Bonchev–Trinajstić information content (AvgIpc) is 3.09. The van der Waals surface area contributed by atoms with Crippen molar-refractivity contribution in [3.8, 4) is 0 Å². The van der Waals surface area contributed by atoms with Crippen LogP contribution in [0.3, 0.4) is 0 Å². The van der Waals surface area contributed by atoms with Crippen LogP contribution in [0.15, 0.2) is 0 Å². The average molecular weight is 400 g/mol. The molecule has 3 aliphatic rings. The third-order valence-corrected chi connectivity index (χ3v) is 7.20. The first-order valence-electron chi connectivity index (χ1n) is 9.27. The molecule has 0 aromatic carbocycles. The number of nitrogens with zero attached hydrogens (tertiary/aromatic N) is 1. The lowest BCUT2D eigenvalue weighted by atomic mass is 9.81. The Morgan fingerprint density at radius 2 is 1.70 bits per heavy atom. The molecule has 3 amide bonds. The molecule has 0 spiro atoms.